The lowest BCUT2D eigenvalue weighted by molar-refractivity contribution is 0.0702. The van der Waals surface area contributed by atoms with Crippen LogP contribution in [0, 0.1) is 0 Å². The van der Waals surface area contributed by atoms with Crippen LogP contribution >= 0.6 is 22.9 Å². The summed E-state index contributed by atoms with van der Waals surface area (Å²) >= 11 is 7.07. The highest BCUT2D eigenvalue weighted by molar-refractivity contribution is 7.13. The molecule has 116 valence electrons. The first-order chi connectivity index (χ1) is 10.4. The van der Waals surface area contributed by atoms with Crippen LogP contribution in [0.4, 0.5) is 0 Å². The van der Waals surface area contributed by atoms with Crippen LogP contribution in [0.25, 0.3) is 0 Å². The van der Waals surface area contributed by atoms with Gasteiger partial charge in [-0.05, 0) is 12.1 Å². The number of carboxylic acid groups (broad SMARTS) is 1. The quantitative estimate of drug-likeness (QED) is 0.873. The fourth-order valence-electron chi connectivity index (χ4n) is 1.66. The summed E-state index contributed by atoms with van der Waals surface area (Å²) < 4.78 is 0. The number of aromatic carboxylic acids is 1. The maximum Gasteiger partial charge on any atom is 0.345 e. The average molecular weight is 340 g/mol. The highest BCUT2D eigenvalue weighted by atomic mass is 35.5. The van der Waals surface area contributed by atoms with E-state index in [1.807, 2.05) is 13.8 Å². The standard InChI is InChI=1S/C14H14ClN3O3S/c1-7(2)12-16-6-9(15)11(18-12)13(19)17-5-8-3-4-10(22-8)14(20)21/h3-4,6-7H,5H2,1-2H3,(H,17,19)(H,20,21). The van der Waals surface area contributed by atoms with E-state index in [4.69, 9.17) is 16.7 Å². The molecule has 2 aromatic rings. The Morgan fingerprint density at radius 1 is 1.41 bits per heavy atom. The molecule has 0 aliphatic rings. The molecule has 0 atom stereocenters. The molecular formula is C14H14ClN3O3S. The highest BCUT2D eigenvalue weighted by Gasteiger charge is 2.16. The Kier molecular flexibility index (Phi) is 5.10. The van der Waals surface area contributed by atoms with E-state index in [1.54, 1.807) is 6.07 Å². The number of nitrogens with zero attached hydrogens (tertiary/aromatic N) is 2. The molecule has 1 amide bonds. The SMILES string of the molecule is CC(C)c1ncc(Cl)c(C(=O)NCc2ccc(C(=O)O)s2)n1. The second kappa shape index (κ2) is 6.85. The van der Waals surface area contributed by atoms with Crippen LogP contribution in [0.15, 0.2) is 18.3 Å². The third-order valence-electron chi connectivity index (χ3n) is 2.79. The lowest BCUT2D eigenvalue weighted by atomic mass is 10.2. The van der Waals surface area contributed by atoms with Crippen molar-refractivity contribution in [2.75, 3.05) is 0 Å². The van der Waals surface area contributed by atoms with Crippen molar-refractivity contribution in [3.8, 4) is 0 Å². The van der Waals surface area contributed by atoms with Crippen molar-refractivity contribution in [1.29, 1.82) is 0 Å². The van der Waals surface area contributed by atoms with Gasteiger partial charge in [0.2, 0.25) is 0 Å². The van der Waals surface area contributed by atoms with Gasteiger partial charge in [0.05, 0.1) is 17.8 Å². The zero-order chi connectivity index (χ0) is 16.3. The lowest BCUT2D eigenvalue weighted by Crippen LogP contribution is -2.24. The van der Waals surface area contributed by atoms with Crippen LogP contribution in [-0.2, 0) is 6.54 Å². The van der Waals surface area contributed by atoms with Gasteiger partial charge in [0.15, 0.2) is 0 Å². The maximum absolute atomic E-state index is 12.2. The molecule has 0 saturated carbocycles. The molecule has 2 aromatic heterocycles. The highest BCUT2D eigenvalue weighted by Crippen LogP contribution is 2.18. The van der Waals surface area contributed by atoms with Crippen molar-refractivity contribution in [3.63, 3.8) is 0 Å². The number of nitrogens with one attached hydrogen (secondary N) is 1. The molecule has 0 bridgehead atoms. The zero-order valence-electron chi connectivity index (χ0n) is 12.0. The largest absolute Gasteiger partial charge is 0.477 e. The van der Waals surface area contributed by atoms with Crippen LogP contribution in [0.2, 0.25) is 5.02 Å². The van der Waals surface area contributed by atoms with Crippen molar-refractivity contribution in [2.24, 2.45) is 0 Å². The van der Waals surface area contributed by atoms with Crippen LogP contribution in [0.5, 0.6) is 0 Å². The summed E-state index contributed by atoms with van der Waals surface area (Å²) in [5, 5.41) is 11.7. The number of carbonyl (C=O) groups is 2. The number of carboxylic acids is 1. The van der Waals surface area contributed by atoms with E-state index in [-0.39, 0.29) is 28.1 Å². The lowest BCUT2D eigenvalue weighted by Gasteiger charge is -2.08. The normalized spacial score (nSPS) is 10.7. The molecule has 0 saturated heterocycles. The third-order valence-corrected chi connectivity index (χ3v) is 4.14. The molecular weight excluding hydrogens is 326 g/mol. The predicted molar refractivity (Wildman–Crippen MR) is 83.6 cm³/mol. The minimum absolute atomic E-state index is 0.0826. The van der Waals surface area contributed by atoms with E-state index in [1.165, 1.54) is 12.3 Å². The van der Waals surface area contributed by atoms with Gasteiger partial charge in [-0.15, -0.1) is 11.3 Å². The van der Waals surface area contributed by atoms with Gasteiger partial charge in [0.1, 0.15) is 16.4 Å². The van der Waals surface area contributed by atoms with Gasteiger partial charge in [-0.3, -0.25) is 4.79 Å². The first kappa shape index (κ1) is 16.4. The minimum atomic E-state index is -0.983. The number of carbonyl (C=O) groups excluding carboxylic acids is 1. The van der Waals surface area contributed by atoms with E-state index in [0.717, 1.165) is 16.2 Å². The molecule has 0 radical (unpaired) electrons. The summed E-state index contributed by atoms with van der Waals surface area (Å²) in [6, 6.07) is 3.17. The Hall–Kier alpha value is -1.99. The van der Waals surface area contributed by atoms with E-state index in [2.05, 4.69) is 15.3 Å². The first-order valence-electron chi connectivity index (χ1n) is 6.51. The monoisotopic (exact) mass is 339 g/mol. The number of halogens is 1. The molecule has 0 aliphatic heterocycles. The molecule has 0 aromatic carbocycles. The Bertz CT molecular complexity index is 715. The van der Waals surface area contributed by atoms with Gasteiger partial charge < -0.3 is 10.4 Å². The summed E-state index contributed by atoms with van der Waals surface area (Å²) in [5.41, 5.74) is 0.121. The van der Waals surface area contributed by atoms with Crippen molar-refractivity contribution < 1.29 is 14.7 Å². The fourth-order valence-corrected chi connectivity index (χ4v) is 2.62. The number of rotatable bonds is 5. The number of hydrogen-bond donors (Lipinski definition) is 2. The van der Waals surface area contributed by atoms with Crippen LogP contribution in [0.3, 0.4) is 0 Å². The summed E-state index contributed by atoms with van der Waals surface area (Å²) in [5.74, 6) is -0.777. The molecule has 0 fully saturated rings. The van der Waals surface area contributed by atoms with Gasteiger partial charge >= 0.3 is 5.97 Å². The smallest absolute Gasteiger partial charge is 0.345 e. The van der Waals surface area contributed by atoms with Crippen molar-refractivity contribution in [2.45, 2.75) is 26.3 Å². The topological polar surface area (TPSA) is 92.2 Å². The number of amides is 1. The zero-order valence-corrected chi connectivity index (χ0v) is 13.5. The van der Waals surface area contributed by atoms with Crippen molar-refractivity contribution in [3.05, 3.63) is 44.6 Å². The predicted octanol–water partition coefficient (Wildman–Crippen LogP) is 2.94. The second-order valence-corrected chi connectivity index (χ2v) is 6.41. The van der Waals surface area contributed by atoms with Crippen molar-refractivity contribution >= 4 is 34.8 Å². The van der Waals surface area contributed by atoms with Crippen LogP contribution in [0.1, 0.15) is 50.6 Å². The molecule has 0 aliphatic carbocycles. The second-order valence-electron chi connectivity index (χ2n) is 4.83. The van der Waals surface area contributed by atoms with Gasteiger partial charge in [0, 0.05) is 10.8 Å². The summed E-state index contributed by atoms with van der Waals surface area (Å²) in [4.78, 5) is 32.2. The van der Waals surface area contributed by atoms with Crippen LogP contribution < -0.4 is 5.32 Å². The molecule has 0 spiro atoms. The minimum Gasteiger partial charge on any atom is -0.477 e. The van der Waals surface area contributed by atoms with E-state index >= 15 is 0 Å². The van der Waals surface area contributed by atoms with Gasteiger partial charge in [-0.1, -0.05) is 25.4 Å². The third kappa shape index (κ3) is 3.80. The number of aromatic nitrogens is 2. The average Bonchev–Trinajstić information content (AvgIpc) is 2.94. The molecule has 2 rings (SSSR count). The number of thiophene rings is 1. The Morgan fingerprint density at radius 2 is 2.14 bits per heavy atom. The molecule has 2 heterocycles. The van der Waals surface area contributed by atoms with Crippen molar-refractivity contribution in [1.82, 2.24) is 15.3 Å². The summed E-state index contributed by atoms with van der Waals surface area (Å²) in [6.45, 7) is 4.06. The van der Waals surface area contributed by atoms with E-state index in [0.29, 0.717) is 5.82 Å². The first-order valence-corrected chi connectivity index (χ1v) is 7.70. The molecule has 22 heavy (non-hydrogen) atoms. The van der Waals surface area contributed by atoms with Gasteiger partial charge in [-0.2, -0.15) is 0 Å². The Labute approximate surface area is 136 Å². The Balaban J connectivity index is 2.08. The summed E-state index contributed by atoms with van der Waals surface area (Å²) in [7, 11) is 0. The van der Waals surface area contributed by atoms with Gasteiger partial charge in [-0.25, -0.2) is 14.8 Å². The van der Waals surface area contributed by atoms with Gasteiger partial charge in [0.25, 0.3) is 5.91 Å². The maximum atomic E-state index is 12.2. The molecule has 6 nitrogen and oxygen atoms in total. The van der Waals surface area contributed by atoms with E-state index in [9.17, 15) is 9.59 Å². The molecule has 0 unspecified atom stereocenters. The van der Waals surface area contributed by atoms with Crippen LogP contribution in [-0.4, -0.2) is 27.0 Å². The van der Waals surface area contributed by atoms with E-state index < -0.39 is 11.9 Å². The summed E-state index contributed by atoms with van der Waals surface area (Å²) in [6.07, 6.45) is 1.41. The fraction of sp³-hybridized carbons (Fsp3) is 0.286. The molecule has 8 heteroatoms. The number of hydrogen-bond acceptors (Lipinski definition) is 5. The molecule has 2 N–H and O–H groups in total. The Morgan fingerprint density at radius 3 is 2.73 bits per heavy atom.